The molecule has 2 aliphatic heterocycles. The molecule has 0 aromatic heterocycles. The summed E-state index contributed by atoms with van der Waals surface area (Å²) >= 11 is 0. The van der Waals surface area contributed by atoms with Crippen molar-refractivity contribution in [3.63, 3.8) is 0 Å². The van der Waals surface area contributed by atoms with Crippen molar-refractivity contribution in [3.05, 3.63) is 35.1 Å². The number of halogens is 1. The van der Waals surface area contributed by atoms with Crippen molar-refractivity contribution < 1.29 is 4.39 Å². The number of hydrogen-bond donors (Lipinski definition) is 1. The molecule has 0 spiro atoms. The van der Waals surface area contributed by atoms with Gasteiger partial charge in [0.1, 0.15) is 5.82 Å². The molecule has 2 unspecified atom stereocenters. The third-order valence-electron chi connectivity index (χ3n) is 4.66. The van der Waals surface area contributed by atoms with Crippen LogP contribution in [0.4, 0.5) is 4.39 Å². The lowest BCUT2D eigenvalue weighted by Crippen LogP contribution is -2.43. The van der Waals surface area contributed by atoms with Crippen LogP contribution >= 0.6 is 0 Å². The third kappa shape index (κ3) is 2.82. The van der Waals surface area contributed by atoms with E-state index in [-0.39, 0.29) is 5.82 Å². The van der Waals surface area contributed by atoms with E-state index in [1.54, 1.807) is 12.1 Å². The molecular weight excluding hydrogens is 239 g/mol. The van der Waals surface area contributed by atoms with Crippen LogP contribution in [0.5, 0.6) is 0 Å². The summed E-state index contributed by atoms with van der Waals surface area (Å²) in [5.74, 6) is -0.115. The monoisotopic (exact) mass is 262 g/mol. The number of rotatable bonds is 3. The van der Waals surface area contributed by atoms with Crippen molar-refractivity contribution in [2.24, 2.45) is 0 Å². The van der Waals surface area contributed by atoms with Gasteiger partial charge in [0, 0.05) is 18.6 Å². The maximum atomic E-state index is 13.4. The van der Waals surface area contributed by atoms with Crippen LogP contribution in [0.3, 0.4) is 0 Å². The Labute approximate surface area is 115 Å². The Balaban J connectivity index is 1.72. The Morgan fingerprint density at radius 1 is 1.32 bits per heavy atom. The van der Waals surface area contributed by atoms with Gasteiger partial charge in [0.05, 0.1) is 0 Å². The number of nitrogens with zero attached hydrogens (tertiary/aromatic N) is 1. The molecule has 1 N–H and O–H groups in total. The van der Waals surface area contributed by atoms with Crippen LogP contribution in [0, 0.1) is 12.7 Å². The van der Waals surface area contributed by atoms with E-state index in [0.717, 1.165) is 25.2 Å². The number of benzene rings is 1. The molecule has 2 aliphatic rings. The van der Waals surface area contributed by atoms with Crippen molar-refractivity contribution in [1.82, 2.24) is 10.2 Å². The Morgan fingerprint density at radius 3 is 3.00 bits per heavy atom. The largest absolute Gasteiger partial charge is 0.312 e. The van der Waals surface area contributed by atoms with Crippen LogP contribution in [0.1, 0.15) is 36.8 Å². The highest BCUT2D eigenvalue weighted by molar-refractivity contribution is 5.26. The van der Waals surface area contributed by atoms with Crippen molar-refractivity contribution in [1.29, 1.82) is 0 Å². The first-order chi connectivity index (χ1) is 9.24. The van der Waals surface area contributed by atoms with Crippen LogP contribution < -0.4 is 5.32 Å². The normalized spacial score (nSPS) is 28.1. The molecule has 0 aliphatic carbocycles. The summed E-state index contributed by atoms with van der Waals surface area (Å²) in [6.45, 7) is 5.28. The topological polar surface area (TPSA) is 15.3 Å². The second-order valence-corrected chi connectivity index (χ2v) is 5.95. The van der Waals surface area contributed by atoms with Crippen molar-refractivity contribution >= 4 is 0 Å². The van der Waals surface area contributed by atoms with E-state index in [1.807, 2.05) is 6.07 Å². The number of aryl methyl sites for hydroxylation is 1. The Hall–Kier alpha value is -0.930. The molecular formula is C16H23FN2. The van der Waals surface area contributed by atoms with Gasteiger partial charge in [-0.25, -0.2) is 4.39 Å². The molecule has 0 amide bonds. The summed E-state index contributed by atoms with van der Waals surface area (Å²) in [6, 6.07) is 6.44. The second kappa shape index (κ2) is 5.59. The summed E-state index contributed by atoms with van der Waals surface area (Å²) < 4.78 is 13.4. The zero-order valence-electron chi connectivity index (χ0n) is 11.7. The number of hydrogen-bond acceptors (Lipinski definition) is 2. The third-order valence-corrected chi connectivity index (χ3v) is 4.66. The second-order valence-electron chi connectivity index (χ2n) is 5.95. The Kier molecular flexibility index (Phi) is 3.85. The minimum Gasteiger partial charge on any atom is -0.312 e. The highest BCUT2D eigenvalue weighted by Crippen LogP contribution is 2.27. The van der Waals surface area contributed by atoms with Gasteiger partial charge in [-0.05, 0) is 69.0 Å². The maximum Gasteiger partial charge on any atom is 0.123 e. The first-order valence-corrected chi connectivity index (χ1v) is 7.46. The van der Waals surface area contributed by atoms with E-state index in [9.17, 15) is 4.39 Å². The van der Waals surface area contributed by atoms with E-state index < -0.39 is 0 Å². The fourth-order valence-electron chi connectivity index (χ4n) is 3.57. The summed E-state index contributed by atoms with van der Waals surface area (Å²) in [5.41, 5.74) is 2.34. The molecule has 0 bridgehead atoms. The van der Waals surface area contributed by atoms with Gasteiger partial charge in [0.25, 0.3) is 0 Å². The SMILES string of the molecule is Cc1ccc(F)cc1CN1CCCC1C1CCCN1. The maximum absolute atomic E-state index is 13.4. The van der Waals surface area contributed by atoms with E-state index >= 15 is 0 Å². The predicted molar refractivity (Wildman–Crippen MR) is 75.6 cm³/mol. The average Bonchev–Trinajstić information content (AvgIpc) is 3.03. The van der Waals surface area contributed by atoms with E-state index in [4.69, 9.17) is 0 Å². The molecule has 3 heteroatoms. The van der Waals surface area contributed by atoms with Gasteiger partial charge < -0.3 is 5.32 Å². The summed E-state index contributed by atoms with van der Waals surface area (Å²) in [4.78, 5) is 2.55. The minimum absolute atomic E-state index is 0.115. The summed E-state index contributed by atoms with van der Waals surface area (Å²) in [6.07, 6.45) is 5.15. The van der Waals surface area contributed by atoms with Gasteiger partial charge >= 0.3 is 0 Å². The smallest absolute Gasteiger partial charge is 0.123 e. The highest BCUT2D eigenvalue weighted by atomic mass is 19.1. The highest BCUT2D eigenvalue weighted by Gasteiger charge is 2.33. The van der Waals surface area contributed by atoms with Crippen molar-refractivity contribution in [2.45, 2.75) is 51.2 Å². The summed E-state index contributed by atoms with van der Waals surface area (Å²) in [7, 11) is 0. The molecule has 2 heterocycles. The molecule has 0 radical (unpaired) electrons. The molecule has 3 rings (SSSR count). The average molecular weight is 262 g/mol. The Morgan fingerprint density at radius 2 is 2.21 bits per heavy atom. The molecule has 0 saturated carbocycles. The lowest BCUT2D eigenvalue weighted by molar-refractivity contribution is 0.206. The molecule has 2 saturated heterocycles. The quantitative estimate of drug-likeness (QED) is 0.901. The Bertz CT molecular complexity index is 440. The van der Waals surface area contributed by atoms with Crippen LogP contribution in [0.25, 0.3) is 0 Å². The fraction of sp³-hybridized carbons (Fsp3) is 0.625. The molecule has 1 aromatic carbocycles. The fourth-order valence-corrected chi connectivity index (χ4v) is 3.57. The van der Waals surface area contributed by atoms with E-state index in [2.05, 4.69) is 17.1 Å². The van der Waals surface area contributed by atoms with Crippen LogP contribution in [0.2, 0.25) is 0 Å². The zero-order valence-corrected chi connectivity index (χ0v) is 11.7. The van der Waals surface area contributed by atoms with Crippen LogP contribution in [0.15, 0.2) is 18.2 Å². The van der Waals surface area contributed by atoms with Gasteiger partial charge in [-0.3, -0.25) is 4.90 Å². The molecule has 19 heavy (non-hydrogen) atoms. The number of likely N-dealkylation sites (tertiary alicyclic amines) is 1. The molecule has 2 fully saturated rings. The predicted octanol–water partition coefficient (Wildman–Crippen LogP) is 2.85. The van der Waals surface area contributed by atoms with Gasteiger partial charge in [-0.1, -0.05) is 6.07 Å². The van der Waals surface area contributed by atoms with Crippen LogP contribution in [-0.4, -0.2) is 30.1 Å². The van der Waals surface area contributed by atoms with E-state index in [0.29, 0.717) is 12.1 Å². The molecule has 1 aromatic rings. The van der Waals surface area contributed by atoms with E-state index in [1.165, 1.54) is 31.2 Å². The van der Waals surface area contributed by atoms with Gasteiger partial charge in [-0.2, -0.15) is 0 Å². The lowest BCUT2D eigenvalue weighted by Gasteiger charge is -2.30. The molecule has 2 nitrogen and oxygen atoms in total. The standard InChI is InChI=1S/C16H23FN2/c1-12-6-7-14(17)10-13(12)11-19-9-3-5-16(19)15-4-2-8-18-15/h6-7,10,15-16,18H,2-5,8-9,11H2,1H3. The minimum atomic E-state index is -0.115. The first kappa shape index (κ1) is 13.1. The zero-order chi connectivity index (χ0) is 13.2. The number of nitrogens with one attached hydrogen (secondary N) is 1. The van der Waals surface area contributed by atoms with Crippen molar-refractivity contribution in [2.75, 3.05) is 13.1 Å². The molecule has 2 atom stereocenters. The van der Waals surface area contributed by atoms with Crippen LogP contribution in [-0.2, 0) is 6.54 Å². The van der Waals surface area contributed by atoms with Gasteiger partial charge in [0.2, 0.25) is 0 Å². The molecule has 104 valence electrons. The van der Waals surface area contributed by atoms with Gasteiger partial charge in [0.15, 0.2) is 0 Å². The summed E-state index contributed by atoms with van der Waals surface area (Å²) in [5, 5.41) is 3.62. The van der Waals surface area contributed by atoms with Gasteiger partial charge in [-0.15, -0.1) is 0 Å². The lowest BCUT2D eigenvalue weighted by atomic mass is 10.0. The first-order valence-electron chi connectivity index (χ1n) is 7.46. The van der Waals surface area contributed by atoms with Crippen molar-refractivity contribution in [3.8, 4) is 0 Å².